The molecule has 0 saturated carbocycles. The Morgan fingerprint density at radius 2 is 1.47 bits per heavy atom. The predicted octanol–water partition coefficient (Wildman–Crippen LogP) is 1.88. The Labute approximate surface area is 170 Å². The predicted molar refractivity (Wildman–Crippen MR) is 103 cm³/mol. The Bertz CT molecular complexity index is 1180. The van der Waals surface area contributed by atoms with E-state index in [1.807, 2.05) is 30.3 Å². The summed E-state index contributed by atoms with van der Waals surface area (Å²) in [5.74, 6) is -1.88. The average molecular weight is 404 g/mol. The van der Waals surface area contributed by atoms with Crippen molar-refractivity contribution in [1.82, 2.24) is 29.5 Å². The normalized spacial score (nSPS) is 10.7. The van der Waals surface area contributed by atoms with E-state index in [1.54, 1.807) is 28.9 Å². The molecule has 2 aromatic carbocycles. The van der Waals surface area contributed by atoms with E-state index >= 15 is 0 Å². The van der Waals surface area contributed by atoms with Crippen LogP contribution in [-0.4, -0.2) is 46.6 Å². The van der Waals surface area contributed by atoms with Gasteiger partial charge in [0.25, 0.3) is 11.6 Å². The quantitative estimate of drug-likeness (QED) is 0.366. The molecule has 0 unspecified atom stereocenters. The van der Waals surface area contributed by atoms with Gasteiger partial charge in [0.05, 0.1) is 13.1 Å². The molecule has 1 N–H and O–H groups in total. The van der Waals surface area contributed by atoms with Gasteiger partial charge in [0, 0.05) is 0 Å². The maximum atomic E-state index is 12.4. The number of hydrogen-bond acceptors (Lipinski definition) is 7. The number of carboxylic acid groups (broad SMARTS) is 1. The number of nitrogens with zero attached hydrogens (tertiary/aromatic N) is 6. The summed E-state index contributed by atoms with van der Waals surface area (Å²) in [7, 11) is 0. The molecule has 4 rings (SSSR count). The molecular formula is C20H16N6O4. The van der Waals surface area contributed by atoms with Crippen molar-refractivity contribution >= 4 is 11.9 Å². The van der Waals surface area contributed by atoms with Gasteiger partial charge < -0.3 is 9.84 Å². The van der Waals surface area contributed by atoms with E-state index in [4.69, 9.17) is 9.84 Å². The van der Waals surface area contributed by atoms with Crippen LogP contribution in [0.15, 0.2) is 67.3 Å². The molecule has 0 atom stereocenters. The first kappa shape index (κ1) is 19.0. The van der Waals surface area contributed by atoms with Crippen LogP contribution < -0.4 is 4.74 Å². The Morgan fingerprint density at radius 3 is 2.17 bits per heavy atom. The van der Waals surface area contributed by atoms with Gasteiger partial charge in [-0.25, -0.2) is 28.9 Å². The highest BCUT2D eigenvalue weighted by Gasteiger charge is 2.15. The Kier molecular flexibility index (Phi) is 5.29. The molecular weight excluding hydrogens is 388 g/mol. The molecule has 30 heavy (non-hydrogen) atoms. The molecule has 150 valence electrons. The molecule has 2 heterocycles. The van der Waals surface area contributed by atoms with Crippen LogP contribution in [0.25, 0.3) is 0 Å². The van der Waals surface area contributed by atoms with Crippen molar-refractivity contribution in [2.75, 3.05) is 0 Å². The van der Waals surface area contributed by atoms with Gasteiger partial charge in [0.2, 0.25) is 0 Å². The molecule has 0 aliphatic carbocycles. The lowest BCUT2D eigenvalue weighted by Crippen LogP contribution is -2.12. The van der Waals surface area contributed by atoms with Crippen molar-refractivity contribution in [2.24, 2.45) is 0 Å². The summed E-state index contributed by atoms with van der Waals surface area (Å²) in [5.41, 5.74) is 1.79. The van der Waals surface area contributed by atoms with E-state index in [1.165, 1.54) is 17.3 Å². The van der Waals surface area contributed by atoms with Crippen LogP contribution in [0.5, 0.6) is 5.75 Å². The molecule has 0 radical (unpaired) electrons. The third-order valence-corrected chi connectivity index (χ3v) is 4.09. The summed E-state index contributed by atoms with van der Waals surface area (Å²) in [6, 6.07) is 16.5. The fraction of sp³-hybridized carbons (Fsp3) is 0.100. The van der Waals surface area contributed by atoms with Crippen molar-refractivity contribution in [3.8, 4) is 5.75 Å². The number of rotatable bonds is 7. The first-order valence-corrected chi connectivity index (χ1v) is 8.94. The summed E-state index contributed by atoms with van der Waals surface area (Å²) < 4.78 is 8.32. The number of ether oxygens (including phenoxy) is 1. The number of hydrogen-bond donors (Lipinski definition) is 1. The van der Waals surface area contributed by atoms with E-state index in [9.17, 15) is 9.59 Å². The molecule has 0 saturated heterocycles. The van der Waals surface area contributed by atoms with Gasteiger partial charge in [0.15, 0.2) is 0 Å². The number of carbonyl (C=O) groups is 2. The standard InChI is InChI=1S/C20H16N6O4/c27-19(28)17-21-12-26(23-17)11-15-7-4-8-16(9-15)30-20(29)18-22-13-25(24-18)10-14-5-2-1-3-6-14/h1-9,12-13H,10-11H2,(H,27,28). The fourth-order valence-electron chi connectivity index (χ4n) is 2.75. The van der Waals surface area contributed by atoms with Gasteiger partial charge in [-0.2, -0.15) is 0 Å². The SMILES string of the molecule is O=C(O)c1ncn(Cc2cccc(OC(=O)c3ncn(Cc4ccccc4)n3)c2)n1. The third-order valence-electron chi connectivity index (χ3n) is 4.09. The molecule has 0 amide bonds. The van der Waals surface area contributed by atoms with Crippen molar-refractivity contribution in [3.05, 3.63) is 90.0 Å². The van der Waals surface area contributed by atoms with E-state index in [-0.39, 0.29) is 18.2 Å². The zero-order valence-electron chi connectivity index (χ0n) is 15.6. The summed E-state index contributed by atoms with van der Waals surface area (Å²) in [5, 5.41) is 16.9. The van der Waals surface area contributed by atoms with Crippen LogP contribution in [-0.2, 0) is 13.1 Å². The second-order valence-corrected chi connectivity index (χ2v) is 6.36. The number of carboxylic acids is 1. The van der Waals surface area contributed by atoms with Crippen molar-refractivity contribution in [1.29, 1.82) is 0 Å². The van der Waals surface area contributed by atoms with E-state index in [0.717, 1.165) is 11.1 Å². The average Bonchev–Trinajstić information content (AvgIpc) is 3.39. The van der Waals surface area contributed by atoms with Gasteiger partial charge in [0.1, 0.15) is 18.4 Å². The maximum Gasteiger partial charge on any atom is 0.383 e. The monoisotopic (exact) mass is 404 g/mol. The van der Waals surface area contributed by atoms with Gasteiger partial charge in [-0.1, -0.05) is 42.5 Å². The highest BCUT2D eigenvalue weighted by Crippen LogP contribution is 2.15. The van der Waals surface area contributed by atoms with Crippen LogP contribution in [0, 0.1) is 0 Å². The summed E-state index contributed by atoms with van der Waals surface area (Å²) >= 11 is 0. The van der Waals surface area contributed by atoms with Crippen LogP contribution in [0.1, 0.15) is 32.4 Å². The van der Waals surface area contributed by atoms with E-state index < -0.39 is 11.9 Å². The molecule has 0 fully saturated rings. The van der Waals surface area contributed by atoms with Crippen LogP contribution >= 0.6 is 0 Å². The van der Waals surface area contributed by atoms with Crippen LogP contribution in [0.2, 0.25) is 0 Å². The highest BCUT2D eigenvalue weighted by molar-refractivity contribution is 5.86. The smallest absolute Gasteiger partial charge is 0.383 e. The summed E-state index contributed by atoms with van der Waals surface area (Å²) in [6.45, 7) is 0.766. The first-order chi connectivity index (χ1) is 14.6. The fourth-order valence-corrected chi connectivity index (χ4v) is 2.75. The summed E-state index contributed by atoms with van der Waals surface area (Å²) in [6.07, 6.45) is 2.80. The van der Waals surface area contributed by atoms with Crippen molar-refractivity contribution in [2.45, 2.75) is 13.1 Å². The van der Waals surface area contributed by atoms with Crippen LogP contribution in [0.4, 0.5) is 0 Å². The Morgan fingerprint density at radius 1 is 0.833 bits per heavy atom. The van der Waals surface area contributed by atoms with E-state index in [2.05, 4.69) is 20.2 Å². The van der Waals surface area contributed by atoms with Gasteiger partial charge >= 0.3 is 11.9 Å². The molecule has 10 heteroatoms. The third kappa shape index (κ3) is 4.55. The minimum Gasteiger partial charge on any atom is -0.475 e. The molecule has 2 aromatic heterocycles. The second-order valence-electron chi connectivity index (χ2n) is 6.36. The Hall–Kier alpha value is -4.34. The number of aromatic nitrogens is 6. The topological polar surface area (TPSA) is 125 Å². The lowest BCUT2D eigenvalue weighted by Gasteiger charge is -2.05. The lowest BCUT2D eigenvalue weighted by molar-refractivity contribution is 0.0680. The van der Waals surface area contributed by atoms with Gasteiger partial charge in [-0.05, 0) is 23.3 Å². The number of aromatic carboxylic acids is 1. The summed E-state index contributed by atoms with van der Waals surface area (Å²) in [4.78, 5) is 31.0. The molecule has 4 aromatic rings. The van der Waals surface area contributed by atoms with Crippen molar-refractivity contribution < 1.29 is 19.4 Å². The number of carbonyl (C=O) groups excluding carboxylic acids is 1. The zero-order chi connectivity index (χ0) is 20.9. The minimum absolute atomic E-state index is 0.0429. The molecule has 0 aliphatic heterocycles. The minimum atomic E-state index is -1.20. The number of benzene rings is 2. The Balaban J connectivity index is 1.41. The largest absolute Gasteiger partial charge is 0.475 e. The van der Waals surface area contributed by atoms with Gasteiger partial charge in [-0.15, -0.1) is 10.2 Å². The maximum absolute atomic E-state index is 12.4. The molecule has 0 bridgehead atoms. The number of esters is 1. The van der Waals surface area contributed by atoms with Crippen molar-refractivity contribution in [3.63, 3.8) is 0 Å². The zero-order valence-corrected chi connectivity index (χ0v) is 15.6. The highest BCUT2D eigenvalue weighted by atomic mass is 16.5. The first-order valence-electron chi connectivity index (χ1n) is 8.94. The second kappa shape index (κ2) is 8.35. The molecule has 10 nitrogen and oxygen atoms in total. The van der Waals surface area contributed by atoms with Crippen LogP contribution in [0.3, 0.4) is 0 Å². The van der Waals surface area contributed by atoms with E-state index in [0.29, 0.717) is 12.3 Å². The molecule has 0 spiro atoms. The molecule has 0 aliphatic rings. The lowest BCUT2D eigenvalue weighted by atomic mass is 10.2. The van der Waals surface area contributed by atoms with Gasteiger partial charge in [-0.3, -0.25) is 0 Å².